The van der Waals surface area contributed by atoms with Gasteiger partial charge in [-0.2, -0.15) is 0 Å². The van der Waals surface area contributed by atoms with Crippen molar-refractivity contribution in [1.29, 1.82) is 0 Å². The number of fused-ring (bicyclic) bond motifs is 1. The summed E-state index contributed by atoms with van der Waals surface area (Å²) in [4.78, 5) is 0. The molecule has 15 heavy (non-hydrogen) atoms. The summed E-state index contributed by atoms with van der Waals surface area (Å²) in [7, 11) is 0. The maximum atomic E-state index is 9.53. The molecule has 2 heterocycles. The highest BCUT2D eigenvalue weighted by Crippen LogP contribution is 2.41. The molecule has 2 fully saturated rings. The van der Waals surface area contributed by atoms with Crippen LogP contribution in [0.15, 0.2) is 0 Å². The van der Waals surface area contributed by atoms with Gasteiger partial charge in [-0.05, 0) is 13.8 Å². The van der Waals surface area contributed by atoms with Gasteiger partial charge in [0.1, 0.15) is 12.2 Å². The minimum atomic E-state index is -0.874. The predicted octanol–water partition coefficient (Wildman–Crippen LogP) is -0.148. The molecule has 2 saturated heterocycles. The quantitative estimate of drug-likeness (QED) is 0.674. The fourth-order valence-electron chi connectivity index (χ4n) is 2.23. The Labute approximate surface area is 88.9 Å². The fourth-order valence-corrected chi connectivity index (χ4v) is 2.23. The highest BCUT2D eigenvalue weighted by molar-refractivity contribution is 4.93. The Hall–Kier alpha value is -0.200. The standard InChI is InChI=1S/C10H18O5/c1-5-7(6(12)4-11)13-9-8(5)14-10(2,3)15-9/h5-9,11-12H,4H2,1-3H3/t5-,6?,7?,8+,9+/m0/s1. The molecule has 2 aliphatic heterocycles. The van der Waals surface area contributed by atoms with Crippen LogP contribution in [0.1, 0.15) is 20.8 Å². The normalized spacial score (nSPS) is 45.4. The van der Waals surface area contributed by atoms with Gasteiger partial charge in [0, 0.05) is 5.92 Å². The molecule has 5 heteroatoms. The van der Waals surface area contributed by atoms with Crippen molar-refractivity contribution in [3.63, 3.8) is 0 Å². The second-order valence-corrected chi connectivity index (χ2v) is 4.68. The van der Waals surface area contributed by atoms with Gasteiger partial charge in [-0.1, -0.05) is 6.92 Å². The number of ether oxygens (including phenoxy) is 3. The van der Waals surface area contributed by atoms with E-state index >= 15 is 0 Å². The molecular formula is C10H18O5. The lowest BCUT2D eigenvalue weighted by molar-refractivity contribution is -0.221. The fraction of sp³-hybridized carbons (Fsp3) is 1.00. The molecule has 0 saturated carbocycles. The second kappa shape index (κ2) is 3.68. The number of aliphatic hydroxyl groups excluding tert-OH is 2. The Morgan fingerprint density at radius 1 is 1.33 bits per heavy atom. The Balaban J connectivity index is 2.05. The lowest BCUT2D eigenvalue weighted by atomic mass is 9.97. The SMILES string of the molecule is C[C@H]1C(C(O)CO)O[C@@H]2OC(C)(C)O[C@@H]21. The lowest BCUT2D eigenvalue weighted by Crippen LogP contribution is -2.37. The summed E-state index contributed by atoms with van der Waals surface area (Å²) in [5.41, 5.74) is 0. The van der Waals surface area contributed by atoms with Crippen molar-refractivity contribution in [2.45, 2.75) is 51.2 Å². The topological polar surface area (TPSA) is 68.2 Å². The van der Waals surface area contributed by atoms with Gasteiger partial charge in [0.15, 0.2) is 12.1 Å². The van der Waals surface area contributed by atoms with Crippen molar-refractivity contribution in [2.75, 3.05) is 6.61 Å². The highest BCUT2D eigenvalue weighted by atomic mass is 16.8. The summed E-state index contributed by atoms with van der Waals surface area (Å²) in [6.07, 6.45) is -1.88. The van der Waals surface area contributed by atoms with Crippen molar-refractivity contribution in [3.05, 3.63) is 0 Å². The van der Waals surface area contributed by atoms with E-state index in [0.29, 0.717) is 0 Å². The largest absolute Gasteiger partial charge is 0.394 e. The van der Waals surface area contributed by atoms with Crippen LogP contribution in [0.4, 0.5) is 0 Å². The van der Waals surface area contributed by atoms with Crippen LogP contribution in [0.3, 0.4) is 0 Å². The molecule has 5 atom stereocenters. The first kappa shape index (κ1) is 11.3. The van der Waals surface area contributed by atoms with E-state index in [9.17, 15) is 5.11 Å². The van der Waals surface area contributed by atoms with Crippen LogP contribution in [-0.4, -0.2) is 47.2 Å². The summed E-state index contributed by atoms with van der Waals surface area (Å²) in [5, 5.41) is 18.4. The third-order valence-corrected chi connectivity index (χ3v) is 2.98. The molecule has 2 unspecified atom stereocenters. The average molecular weight is 218 g/mol. The molecular weight excluding hydrogens is 200 g/mol. The van der Waals surface area contributed by atoms with Gasteiger partial charge < -0.3 is 24.4 Å². The van der Waals surface area contributed by atoms with Crippen LogP contribution in [0, 0.1) is 5.92 Å². The molecule has 2 rings (SSSR count). The molecule has 5 nitrogen and oxygen atoms in total. The number of aliphatic hydroxyl groups is 2. The van der Waals surface area contributed by atoms with Crippen molar-refractivity contribution < 1.29 is 24.4 Å². The summed E-state index contributed by atoms with van der Waals surface area (Å²) < 4.78 is 16.7. The maximum Gasteiger partial charge on any atom is 0.187 e. The first-order chi connectivity index (χ1) is 6.94. The molecule has 0 bridgehead atoms. The average Bonchev–Trinajstić information content (AvgIpc) is 2.60. The third-order valence-electron chi connectivity index (χ3n) is 2.98. The van der Waals surface area contributed by atoms with Crippen LogP contribution in [-0.2, 0) is 14.2 Å². The van der Waals surface area contributed by atoms with Gasteiger partial charge in [-0.3, -0.25) is 0 Å². The number of rotatable bonds is 2. The zero-order chi connectivity index (χ0) is 11.2. The first-order valence-electron chi connectivity index (χ1n) is 5.24. The zero-order valence-electron chi connectivity index (χ0n) is 9.21. The first-order valence-corrected chi connectivity index (χ1v) is 5.24. The molecule has 0 aromatic rings. The van der Waals surface area contributed by atoms with Crippen molar-refractivity contribution in [3.8, 4) is 0 Å². The number of hydrogen-bond donors (Lipinski definition) is 2. The monoisotopic (exact) mass is 218 g/mol. The smallest absolute Gasteiger partial charge is 0.187 e. The lowest BCUT2D eigenvalue weighted by Gasteiger charge is -2.25. The molecule has 0 aromatic carbocycles. The zero-order valence-corrected chi connectivity index (χ0v) is 9.21. The molecule has 0 aromatic heterocycles. The molecule has 0 radical (unpaired) electrons. The Kier molecular flexibility index (Phi) is 2.77. The van der Waals surface area contributed by atoms with E-state index in [0.717, 1.165) is 0 Å². The van der Waals surface area contributed by atoms with Crippen LogP contribution in [0.5, 0.6) is 0 Å². The van der Waals surface area contributed by atoms with Crippen LogP contribution in [0.25, 0.3) is 0 Å². The minimum absolute atomic E-state index is 0.0129. The predicted molar refractivity (Wildman–Crippen MR) is 51.0 cm³/mol. The molecule has 2 aliphatic rings. The van der Waals surface area contributed by atoms with Crippen LogP contribution >= 0.6 is 0 Å². The molecule has 0 aliphatic carbocycles. The summed E-state index contributed by atoms with van der Waals surface area (Å²) >= 11 is 0. The van der Waals surface area contributed by atoms with E-state index in [1.807, 2.05) is 20.8 Å². The van der Waals surface area contributed by atoms with Crippen molar-refractivity contribution >= 4 is 0 Å². The van der Waals surface area contributed by atoms with E-state index in [-0.39, 0.29) is 18.6 Å². The van der Waals surface area contributed by atoms with Crippen molar-refractivity contribution in [2.24, 2.45) is 5.92 Å². The number of hydrogen-bond acceptors (Lipinski definition) is 5. The molecule has 0 amide bonds. The highest BCUT2D eigenvalue weighted by Gasteiger charge is 2.54. The van der Waals surface area contributed by atoms with E-state index in [1.54, 1.807) is 0 Å². The minimum Gasteiger partial charge on any atom is -0.394 e. The van der Waals surface area contributed by atoms with E-state index in [1.165, 1.54) is 0 Å². The summed E-state index contributed by atoms with van der Waals surface area (Å²) in [6.45, 7) is 5.29. The van der Waals surface area contributed by atoms with Gasteiger partial charge in [-0.25, -0.2) is 0 Å². The van der Waals surface area contributed by atoms with Crippen LogP contribution < -0.4 is 0 Å². The maximum absolute atomic E-state index is 9.53. The van der Waals surface area contributed by atoms with Gasteiger partial charge in [0.25, 0.3) is 0 Å². The summed E-state index contributed by atoms with van der Waals surface area (Å²) in [6, 6.07) is 0. The van der Waals surface area contributed by atoms with Gasteiger partial charge in [0.2, 0.25) is 0 Å². The molecule has 88 valence electrons. The van der Waals surface area contributed by atoms with Crippen LogP contribution in [0.2, 0.25) is 0 Å². The molecule has 0 spiro atoms. The third kappa shape index (κ3) is 1.90. The second-order valence-electron chi connectivity index (χ2n) is 4.68. The van der Waals surface area contributed by atoms with Gasteiger partial charge >= 0.3 is 0 Å². The Bertz CT molecular complexity index is 242. The van der Waals surface area contributed by atoms with E-state index in [4.69, 9.17) is 19.3 Å². The Morgan fingerprint density at radius 2 is 2.00 bits per heavy atom. The van der Waals surface area contributed by atoms with Gasteiger partial charge in [-0.15, -0.1) is 0 Å². The Morgan fingerprint density at radius 3 is 2.53 bits per heavy atom. The van der Waals surface area contributed by atoms with E-state index in [2.05, 4.69) is 0 Å². The van der Waals surface area contributed by atoms with Gasteiger partial charge in [0.05, 0.1) is 12.7 Å². The summed E-state index contributed by atoms with van der Waals surface area (Å²) in [5.74, 6) is -0.613. The van der Waals surface area contributed by atoms with E-state index < -0.39 is 24.3 Å². The molecule has 2 N–H and O–H groups in total. The van der Waals surface area contributed by atoms with Crippen molar-refractivity contribution in [1.82, 2.24) is 0 Å².